The summed E-state index contributed by atoms with van der Waals surface area (Å²) in [6.07, 6.45) is 1.78. The van der Waals surface area contributed by atoms with Gasteiger partial charge in [0.2, 0.25) is 5.78 Å². The third kappa shape index (κ3) is 3.64. The van der Waals surface area contributed by atoms with E-state index in [0.717, 1.165) is 31.8 Å². The van der Waals surface area contributed by atoms with Crippen molar-refractivity contribution in [2.75, 3.05) is 6.79 Å². The average Bonchev–Trinajstić information content (AvgIpc) is 3.34. The van der Waals surface area contributed by atoms with Crippen LogP contribution in [-0.2, 0) is 18.0 Å². The van der Waals surface area contributed by atoms with Gasteiger partial charge in [0.1, 0.15) is 23.9 Å². The number of hydrogen-bond acceptors (Lipinski definition) is 6. The van der Waals surface area contributed by atoms with E-state index in [9.17, 15) is 4.79 Å². The van der Waals surface area contributed by atoms with Crippen LogP contribution in [0.2, 0.25) is 0 Å². The van der Waals surface area contributed by atoms with Crippen LogP contribution in [0.4, 0.5) is 0 Å². The van der Waals surface area contributed by atoms with Crippen LogP contribution in [0, 0.1) is 6.92 Å². The Labute approximate surface area is 186 Å². The number of carbonyl (C=O) groups is 1. The lowest BCUT2D eigenvalue weighted by molar-refractivity contribution is -0.0176. The maximum absolute atomic E-state index is 12.8. The van der Waals surface area contributed by atoms with E-state index in [1.165, 1.54) is 0 Å². The molecular formula is C23H17BrO5S. The van der Waals surface area contributed by atoms with Crippen molar-refractivity contribution in [1.82, 2.24) is 0 Å². The van der Waals surface area contributed by atoms with Crippen LogP contribution in [0.25, 0.3) is 6.08 Å². The van der Waals surface area contributed by atoms with Crippen molar-refractivity contribution in [3.8, 4) is 17.2 Å². The predicted molar refractivity (Wildman–Crippen MR) is 117 cm³/mol. The molecule has 2 aliphatic rings. The van der Waals surface area contributed by atoms with Gasteiger partial charge in [-0.2, -0.15) is 0 Å². The molecular weight excluding hydrogens is 468 g/mol. The number of allylic oxidation sites excluding steroid dienone is 1. The van der Waals surface area contributed by atoms with Gasteiger partial charge in [0.15, 0.2) is 12.6 Å². The molecule has 5 nitrogen and oxygen atoms in total. The van der Waals surface area contributed by atoms with Crippen LogP contribution >= 0.6 is 27.3 Å². The van der Waals surface area contributed by atoms with E-state index in [4.69, 9.17) is 18.9 Å². The van der Waals surface area contributed by atoms with Crippen molar-refractivity contribution in [1.29, 1.82) is 0 Å². The first kappa shape index (κ1) is 19.4. The molecule has 3 aromatic rings. The number of carbonyl (C=O) groups excluding carboxylic acids is 1. The molecule has 0 amide bonds. The van der Waals surface area contributed by atoms with E-state index < -0.39 is 0 Å². The molecule has 2 aliphatic heterocycles. The molecule has 30 heavy (non-hydrogen) atoms. The molecule has 0 aliphatic carbocycles. The van der Waals surface area contributed by atoms with E-state index in [1.54, 1.807) is 23.5 Å². The highest BCUT2D eigenvalue weighted by atomic mass is 79.9. The molecule has 5 rings (SSSR count). The fraction of sp³-hybridized carbons (Fsp3) is 0.174. The lowest BCUT2D eigenvalue weighted by Crippen LogP contribution is -2.14. The Bertz CT molecular complexity index is 1170. The quantitative estimate of drug-likeness (QED) is 0.432. The number of ketones is 1. The number of halogens is 1. The van der Waals surface area contributed by atoms with Crippen LogP contribution in [-0.4, -0.2) is 12.6 Å². The third-order valence-corrected chi connectivity index (χ3v) is 6.18. The summed E-state index contributed by atoms with van der Waals surface area (Å²) in [6, 6.07) is 11.5. The normalized spacial score (nSPS) is 16.1. The Balaban J connectivity index is 1.39. The summed E-state index contributed by atoms with van der Waals surface area (Å²) in [5, 5.41) is 1.96. The van der Waals surface area contributed by atoms with Crippen molar-refractivity contribution in [2.24, 2.45) is 0 Å². The Hall–Kier alpha value is -2.61. The van der Waals surface area contributed by atoms with E-state index in [0.29, 0.717) is 36.0 Å². The number of Topliss-reactive ketones (excluding diaryl/α,β-unsaturated/α-hetero) is 1. The first-order valence-corrected chi connectivity index (χ1v) is 11.0. The summed E-state index contributed by atoms with van der Waals surface area (Å²) in [7, 11) is 0. The molecule has 0 saturated heterocycles. The molecule has 0 unspecified atom stereocenters. The van der Waals surface area contributed by atoms with Crippen LogP contribution in [0.3, 0.4) is 0 Å². The van der Waals surface area contributed by atoms with Crippen molar-refractivity contribution >= 4 is 39.1 Å². The Morgan fingerprint density at radius 1 is 1.27 bits per heavy atom. The number of thiophene rings is 1. The third-order valence-electron chi connectivity index (χ3n) is 4.91. The molecule has 2 aromatic carbocycles. The van der Waals surface area contributed by atoms with Crippen molar-refractivity contribution in [3.63, 3.8) is 0 Å². The fourth-order valence-corrected chi connectivity index (χ4v) is 4.79. The second-order valence-corrected chi connectivity index (χ2v) is 8.92. The molecule has 0 bridgehead atoms. The van der Waals surface area contributed by atoms with Gasteiger partial charge in [0, 0.05) is 32.6 Å². The highest BCUT2D eigenvalue weighted by molar-refractivity contribution is 9.10. The van der Waals surface area contributed by atoms with Gasteiger partial charge in [0.25, 0.3) is 0 Å². The first-order valence-electron chi connectivity index (χ1n) is 9.35. The highest BCUT2D eigenvalue weighted by Crippen LogP contribution is 2.39. The van der Waals surface area contributed by atoms with Gasteiger partial charge in [-0.1, -0.05) is 22.0 Å². The van der Waals surface area contributed by atoms with Gasteiger partial charge in [-0.3, -0.25) is 4.79 Å². The lowest BCUT2D eigenvalue weighted by Gasteiger charge is -2.21. The first-order chi connectivity index (χ1) is 14.6. The maximum atomic E-state index is 12.8. The summed E-state index contributed by atoms with van der Waals surface area (Å²) in [6.45, 7) is 2.96. The average molecular weight is 485 g/mol. The molecule has 7 heteroatoms. The molecule has 1 aromatic heterocycles. The largest absolute Gasteiger partial charge is 0.489 e. The second kappa shape index (κ2) is 7.91. The zero-order valence-corrected chi connectivity index (χ0v) is 18.5. The topological polar surface area (TPSA) is 54.0 Å². The number of hydrogen-bond donors (Lipinski definition) is 0. The second-order valence-electron chi connectivity index (χ2n) is 7.02. The molecule has 0 saturated carbocycles. The molecule has 0 radical (unpaired) electrons. The Kier molecular flexibility index (Phi) is 5.10. The van der Waals surface area contributed by atoms with Gasteiger partial charge in [-0.25, -0.2) is 0 Å². The number of aryl methyl sites for hydroxylation is 1. The van der Waals surface area contributed by atoms with Crippen LogP contribution in [0.1, 0.15) is 31.9 Å². The number of rotatable bonds is 4. The Morgan fingerprint density at radius 2 is 2.17 bits per heavy atom. The monoisotopic (exact) mass is 484 g/mol. The van der Waals surface area contributed by atoms with Gasteiger partial charge in [0.05, 0.1) is 12.2 Å². The standard InChI is InChI=1S/C23H17BrO5S/c1-13-5-17(27-11-15-7-16(24)6-14-10-26-12-28-23(14)15)8-19-21(13)22(25)20(29-19)9-18-3-2-4-30-18/h2-9H,10-12H2,1H3/b20-9-. The molecule has 0 spiro atoms. The minimum absolute atomic E-state index is 0.100. The minimum atomic E-state index is -0.100. The minimum Gasteiger partial charge on any atom is -0.489 e. The molecule has 0 N–H and O–H groups in total. The molecule has 152 valence electrons. The number of fused-ring (bicyclic) bond motifs is 2. The van der Waals surface area contributed by atoms with E-state index >= 15 is 0 Å². The van der Waals surface area contributed by atoms with Crippen molar-refractivity contribution in [3.05, 3.63) is 79.1 Å². The van der Waals surface area contributed by atoms with Gasteiger partial charge in [-0.05, 0) is 42.1 Å². The van der Waals surface area contributed by atoms with Crippen LogP contribution < -0.4 is 14.2 Å². The van der Waals surface area contributed by atoms with Crippen molar-refractivity contribution < 1.29 is 23.7 Å². The molecule has 3 heterocycles. The zero-order chi connectivity index (χ0) is 20.7. The maximum Gasteiger partial charge on any atom is 0.232 e. The Morgan fingerprint density at radius 3 is 3.00 bits per heavy atom. The molecule has 0 atom stereocenters. The van der Waals surface area contributed by atoms with E-state index in [2.05, 4.69) is 15.9 Å². The van der Waals surface area contributed by atoms with Crippen LogP contribution in [0.15, 0.2) is 52.0 Å². The number of benzene rings is 2. The molecule has 0 fully saturated rings. The highest BCUT2D eigenvalue weighted by Gasteiger charge is 2.30. The predicted octanol–water partition coefficient (Wildman–Crippen LogP) is 5.88. The SMILES string of the molecule is Cc1cc(OCc2cc(Br)cc3c2OCOC3)cc2c1C(=O)/C(=C/c1cccs1)O2. The van der Waals surface area contributed by atoms with Crippen molar-refractivity contribution in [2.45, 2.75) is 20.1 Å². The summed E-state index contributed by atoms with van der Waals surface area (Å²) < 4.78 is 23.9. The van der Waals surface area contributed by atoms with E-state index in [-0.39, 0.29) is 12.6 Å². The fourth-order valence-electron chi connectivity index (χ4n) is 3.59. The van der Waals surface area contributed by atoms with Gasteiger partial charge >= 0.3 is 0 Å². The summed E-state index contributed by atoms with van der Waals surface area (Å²) in [4.78, 5) is 13.7. The summed E-state index contributed by atoms with van der Waals surface area (Å²) in [5.74, 6) is 2.20. The van der Waals surface area contributed by atoms with E-state index in [1.807, 2.05) is 42.6 Å². The summed E-state index contributed by atoms with van der Waals surface area (Å²) >= 11 is 5.09. The van der Waals surface area contributed by atoms with Gasteiger partial charge < -0.3 is 18.9 Å². The zero-order valence-electron chi connectivity index (χ0n) is 16.1. The summed E-state index contributed by atoms with van der Waals surface area (Å²) in [5.41, 5.74) is 3.32. The van der Waals surface area contributed by atoms with Gasteiger partial charge in [-0.15, -0.1) is 11.3 Å². The lowest BCUT2D eigenvalue weighted by atomic mass is 10.0. The van der Waals surface area contributed by atoms with Crippen LogP contribution in [0.5, 0.6) is 17.2 Å². The number of ether oxygens (including phenoxy) is 4. The smallest absolute Gasteiger partial charge is 0.232 e.